The predicted molar refractivity (Wildman–Crippen MR) is 135 cm³/mol. The van der Waals surface area contributed by atoms with Crippen LogP contribution < -0.4 is 15.5 Å². The van der Waals surface area contributed by atoms with Crippen molar-refractivity contribution >= 4 is 57.8 Å². The smallest absolute Gasteiger partial charge is 0.293 e. The molecule has 1 saturated heterocycles. The third kappa shape index (κ3) is 5.89. The number of hydrogen-bond acceptors (Lipinski definition) is 6. The average molecular weight is 515 g/mol. The Morgan fingerprint density at radius 2 is 1.60 bits per heavy atom. The number of anilines is 3. The fourth-order valence-electron chi connectivity index (χ4n) is 3.63. The minimum absolute atomic E-state index is 0.135. The molecule has 11 heteroatoms. The number of morpholine rings is 1. The van der Waals surface area contributed by atoms with E-state index in [1.807, 2.05) is 4.90 Å². The number of nitro groups is 1. The molecule has 9 nitrogen and oxygen atoms in total. The van der Waals surface area contributed by atoms with Crippen LogP contribution in [0.15, 0.2) is 60.7 Å². The summed E-state index contributed by atoms with van der Waals surface area (Å²) < 4.78 is 5.31. The molecule has 3 aromatic rings. The summed E-state index contributed by atoms with van der Waals surface area (Å²) in [6.45, 7) is 2.03. The van der Waals surface area contributed by atoms with E-state index in [0.29, 0.717) is 48.4 Å². The van der Waals surface area contributed by atoms with Crippen LogP contribution in [-0.2, 0) is 4.74 Å². The summed E-state index contributed by atoms with van der Waals surface area (Å²) in [5.74, 6) is -0.963. The van der Waals surface area contributed by atoms with Crippen LogP contribution in [0.1, 0.15) is 20.7 Å². The number of amides is 2. The molecule has 0 unspecified atom stereocenters. The van der Waals surface area contributed by atoms with Gasteiger partial charge in [-0.05, 0) is 48.5 Å². The van der Waals surface area contributed by atoms with Crippen LogP contribution in [0.25, 0.3) is 0 Å². The molecule has 0 saturated carbocycles. The van der Waals surface area contributed by atoms with Gasteiger partial charge in [0.2, 0.25) is 0 Å². The number of rotatable bonds is 6. The number of carbonyl (C=O) groups is 2. The number of nitro benzene ring substituents is 1. The molecule has 0 aromatic heterocycles. The van der Waals surface area contributed by atoms with Crippen molar-refractivity contribution in [3.8, 4) is 0 Å². The van der Waals surface area contributed by atoms with E-state index in [-0.39, 0.29) is 21.8 Å². The average Bonchev–Trinajstić information content (AvgIpc) is 2.84. The van der Waals surface area contributed by atoms with E-state index >= 15 is 0 Å². The Hall–Kier alpha value is -3.66. The lowest BCUT2D eigenvalue weighted by atomic mass is 10.1. The van der Waals surface area contributed by atoms with Crippen LogP contribution in [0.3, 0.4) is 0 Å². The van der Waals surface area contributed by atoms with E-state index in [1.54, 1.807) is 42.5 Å². The quantitative estimate of drug-likeness (QED) is 0.343. The lowest BCUT2D eigenvalue weighted by molar-refractivity contribution is -0.384. The molecule has 1 aliphatic rings. The number of halogens is 2. The molecule has 4 rings (SSSR count). The van der Waals surface area contributed by atoms with Crippen molar-refractivity contribution < 1.29 is 19.2 Å². The van der Waals surface area contributed by atoms with Gasteiger partial charge in [0.1, 0.15) is 5.69 Å². The second-order valence-electron chi connectivity index (χ2n) is 7.67. The molecule has 35 heavy (non-hydrogen) atoms. The van der Waals surface area contributed by atoms with E-state index < -0.39 is 16.7 Å². The van der Waals surface area contributed by atoms with Crippen LogP contribution in [0.2, 0.25) is 10.0 Å². The standard InChI is InChI=1S/C24H20Cl2N4O5/c25-16-5-6-19(20(26)13-16)24(32)28-18-3-1-2-17(14-18)27-23(31)15-4-7-21(22(12-15)30(33)34)29-8-10-35-11-9-29/h1-7,12-14H,8-11H2,(H,27,31)(H,28,32). The van der Waals surface area contributed by atoms with Gasteiger partial charge < -0.3 is 20.3 Å². The van der Waals surface area contributed by atoms with Crippen LogP contribution >= 0.6 is 23.2 Å². The van der Waals surface area contributed by atoms with Gasteiger partial charge in [-0.1, -0.05) is 29.3 Å². The first-order valence-corrected chi connectivity index (χ1v) is 11.4. The van der Waals surface area contributed by atoms with Crippen molar-refractivity contribution in [2.24, 2.45) is 0 Å². The van der Waals surface area contributed by atoms with Crippen LogP contribution in [-0.4, -0.2) is 43.0 Å². The predicted octanol–water partition coefficient (Wildman–Crippen LogP) is 5.24. The second kappa shape index (κ2) is 10.7. The van der Waals surface area contributed by atoms with Gasteiger partial charge in [-0.15, -0.1) is 0 Å². The molecule has 0 spiro atoms. The van der Waals surface area contributed by atoms with E-state index in [9.17, 15) is 19.7 Å². The van der Waals surface area contributed by atoms with Crippen LogP contribution in [0.5, 0.6) is 0 Å². The molecule has 2 N–H and O–H groups in total. The third-order valence-corrected chi connectivity index (χ3v) is 5.89. The fourth-order valence-corrected chi connectivity index (χ4v) is 4.13. The van der Waals surface area contributed by atoms with Crippen molar-refractivity contribution in [1.82, 2.24) is 0 Å². The van der Waals surface area contributed by atoms with E-state index in [4.69, 9.17) is 27.9 Å². The Balaban J connectivity index is 1.49. The van der Waals surface area contributed by atoms with Crippen molar-refractivity contribution in [2.45, 2.75) is 0 Å². The van der Waals surface area contributed by atoms with Gasteiger partial charge in [0.15, 0.2) is 0 Å². The van der Waals surface area contributed by atoms with Gasteiger partial charge in [-0.25, -0.2) is 0 Å². The maximum absolute atomic E-state index is 12.8. The third-order valence-electron chi connectivity index (χ3n) is 5.34. The van der Waals surface area contributed by atoms with Crippen LogP contribution in [0, 0.1) is 10.1 Å². The van der Waals surface area contributed by atoms with Gasteiger partial charge in [0.25, 0.3) is 17.5 Å². The van der Waals surface area contributed by atoms with Crippen molar-refractivity contribution in [3.05, 3.63) is 92.0 Å². The molecule has 180 valence electrons. The molecular formula is C24H20Cl2N4O5. The lowest BCUT2D eigenvalue weighted by Crippen LogP contribution is -2.36. The Labute approximate surface area is 210 Å². The summed E-state index contributed by atoms with van der Waals surface area (Å²) in [7, 11) is 0. The number of nitrogens with zero attached hydrogens (tertiary/aromatic N) is 2. The molecule has 0 bridgehead atoms. The first kappa shape index (κ1) is 24.5. The molecule has 0 aliphatic carbocycles. The molecule has 1 heterocycles. The maximum atomic E-state index is 12.8. The fraction of sp³-hybridized carbons (Fsp3) is 0.167. The summed E-state index contributed by atoms with van der Waals surface area (Å²) in [5.41, 5.74) is 1.50. The lowest BCUT2D eigenvalue weighted by Gasteiger charge is -2.28. The molecule has 1 aliphatic heterocycles. The zero-order valence-corrected chi connectivity index (χ0v) is 19.8. The highest BCUT2D eigenvalue weighted by atomic mass is 35.5. The summed E-state index contributed by atoms with van der Waals surface area (Å²) in [4.78, 5) is 38.4. The summed E-state index contributed by atoms with van der Waals surface area (Å²) in [6.07, 6.45) is 0. The number of nitrogens with one attached hydrogen (secondary N) is 2. The maximum Gasteiger partial charge on any atom is 0.293 e. The first-order valence-electron chi connectivity index (χ1n) is 10.6. The largest absolute Gasteiger partial charge is 0.378 e. The monoisotopic (exact) mass is 514 g/mol. The van der Waals surface area contributed by atoms with Gasteiger partial charge in [0, 0.05) is 41.1 Å². The summed E-state index contributed by atoms with van der Waals surface area (Å²) in [5, 5.41) is 17.7. The summed E-state index contributed by atoms with van der Waals surface area (Å²) >= 11 is 12.0. The minimum atomic E-state index is -0.522. The van der Waals surface area contributed by atoms with Crippen molar-refractivity contribution in [3.63, 3.8) is 0 Å². The topological polar surface area (TPSA) is 114 Å². The Kier molecular flexibility index (Phi) is 7.50. The van der Waals surface area contributed by atoms with Gasteiger partial charge >= 0.3 is 0 Å². The highest BCUT2D eigenvalue weighted by Crippen LogP contribution is 2.30. The molecule has 3 aromatic carbocycles. The number of ether oxygens (including phenoxy) is 1. The Bertz CT molecular complexity index is 1290. The molecule has 0 atom stereocenters. The van der Waals surface area contributed by atoms with Crippen LogP contribution in [0.4, 0.5) is 22.7 Å². The van der Waals surface area contributed by atoms with Gasteiger partial charge in [0.05, 0.1) is 28.7 Å². The SMILES string of the molecule is O=C(Nc1cccc(NC(=O)c2ccc(Cl)cc2Cl)c1)c1ccc(N2CCOCC2)c([N+](=O)[O-])c1. The minimum Gasteiger partial charge on any atom is -0.378 e. The molecule has 2 amide bonds. The number of benzene rings is 3. The zero-order valence-electron chi connectivity index (χ0n) is 18.3. The zero-order chi connectivity index (χ0) is 24.9. The van der Waals surface area contributed by atoms with E-state index in [2.05, 4.69) is 10.6 Å². The molecule has 1 fully saturated rings. The highest BCUT2D eigenvalue weighted by molar-refractivity contribution is 6.37. The molecule has 0 radical (unpaired) electrons. The second-order valence-corrected chi connectivity index (χ2v) is 8.52. The Morgan fingerprint density at radius 3 is 2.26 bits per heavy atom. The normalized spacial score (nSPS) is 13.3. The summed E-state index contributed by atoms with van der Waals surface area (Å²) in [6, 6.07) is 15.4. The highest BCUT2D eigenvalue weighted by Gasteiger charge is 2.23. The molecular weight excluding hydrogens is 495 g/mol. The van der Waals surface area contributed by atoms with Crippen molar-refractivity contribution in [1.29, 1.82) is 0 Å². The first-order chi connectivity index (χ1) is 16.8. The van der Waals surface area contributed by atoms with E-state index in [1.165, 1.54) is 18.2 Å². The number of hydrogen-bond donors (Lipinski definition) is 2. The van der Waals surface area contributed by atoms with Gasteiger partial charge in [-0.3, -0.25) is 19.7 Å². The van der Waals surface area contributed by atoms with E-state index in [0.717, 1.165) is 0 Å². The number of carbonyl (C=O) groups excluding carboxylic acids is 2. The van der Waals surface area contributed by atoms with Gasteiger partial charge in [-0.2, -0.15) is 0 Å². The van der Waals surface area contributed by atoms with Crippen molar-refractivity contribution in [2.75, 3.05) is 41.8 Å². The Morgan fingerprint density at radius 1 is 0.914 bits per heavy atom.